The summed E-state index contributed by atoms with van der Waals surface area (Å²) in [6.07, 6.45) is -1.16. The summed E-state index contributed by atoms with van der Waals surface area (Å²) in [6.45, 7) is 2.05. The highest BCUT2D eigenvalue weighted by Crippen LogP contribution is 2.22. The van der Waals surface area contributed by atoms with Gasteiger partial charge in [0.25, 0.3) is 11.7 Å². The van der Waals surface area contributed by atoms with Crippen LogP contribution in [0.4, 0.5) is 13.2 Å². The van der Waals surface area contributed by atoms with Gasteiger partial charge in [-0.1, -0.05) is 96.6 Å². The molecule has 47 heavy (non-hydrogen) atoms. The molecule has 0 radical (unpaired) electrons. The number of carbonyl (C=O) groups excluding carboxylic acids is 3. The molecule has 0 spiro atoms. The summed E-state index contributed by atoms with van der Waals surface area (Å²) in [5, 5.41) is 17.6. The maximum absolute atomic E-state index is 13.4. The second-order valence-corrected chi connectivity index (χ2v) is 10.5. The molecule has 8 nitrogen and oxygen atoms in total. The fourth-order valence-electron chi connectivity index (χ4n) is 4.50. The molecule has 244 valence electrons. The Hall–Kier alpha value is -5.71. The SMILES string of the molecule is COC(=O)[C@H](Cc1cccc(C(N)=[NH2+])c1)[C@@H](/C=C/c1ccccc1)NC(=O)c1ccc(-c2ccc(C)cc2)cc1.O=C([O-])C(F)(F)F. The number of esters is 1. The molecule has 0 aliphatic heterocycles. The number of alkyl halides is 3. The summed E-state index contributed by atoms with van der Waals surface area (Å²) in [5.74, 6) is -4.24. The maximum Gasteiger partial charge on any atom is 0.430 e. The number of hydrogen-bond donors (Lipinski definition) is 3. The lowest BCUT2D eigenvalue weighted by Gasteiger charge is -2.24. The fraction of sp³-hybridized carbons (Fsp3) is 0.167. The van der Waals surface area contributed by atoms with Crippen LogP contribution in [-0.4, -0.2) is 43.0 Å². The quantitative estimate of drug-likeness (QED) is 0.137. The number of carboxylic acids is 1. The van der Waals surface area contributed by atoms with Crippen LogP contribution in [-0.2, 0) is 20.7 Å². The summed E-state index contributed by atoms with van der Waals surface area (Å²) in [7, 11) is 1.35. The van der Waals surface area contributed by atoms with Crippen LogP contribution in [0.3, 0.4) is 0 Å². The number of aliphatic carboxylic acids is 1. The minimum atomic E-state index is -5.19. The molecule has 0 aliphatic rings. The van der Waals surface area contributed by atoms with Crippen LogP contribution in [0, 0.1) is 12.8 Å². The first-order chi connectivity index (χ1) is 22.3. The van der Waals surface area contributed by atoms with Gasteiger partial charge >= 0.3 is 12.1 Å². The summed E-state index contributed by atoms with van der Waals surface area (Å²) < 4.78 is 36.7. The Morgan fingerprint density at radius 2 is 1.47 bits per heavy atom. The first kappa shape index (κ1) is 35.8. The number of halogens is 3. The average molecular weight is 646 g/mol. The number of carbonyl (C=O) groups is 3. The van der Waals surface area contributed by atoms with Crippen LogP contribution < -0.4 is 21.6 Å². The Bertz CT molecular complexity index is 1700. The largest absolute Gasteiger partial charge is 0.542 e. The molecule has 0 bridgehead atoms. The van der Waals surface area contributed by atoms with Crippen molar-refractivity contribution in [1.29, 1.82) is 0 Å². The zero-order valence-electron chi connectivity index (χ0n) is 25.7. The highest BCUT2D eigenvalue weighted by Gasteiger charge is 2.30. The Labute approximate surface area is 270 Å². The molecule has 0 saturated carbocycles. The van der Waals surface area contributed by atoms with Gasteiger partial charge in [-0.2, -0.15) is 13.2 Å². The van der Waals surface area contributed by atoms with E-state index in [-0.39, 0.29) is 11.7 Å². The Kier molecular flexibility index (Phi) is 12.6. The lowest BCUT2D eigenvalue weighted by atomic mass is 9.90. The molecule has 0 fully saturated rings. The van der Waals surface area contributed by atoms with Gasteiger partial charge in [0.05, 0.1) is 24.6 Å². The molecule has 0 heterocycles. The number of benzene rings is 4. The summed E-state index contributed by atoms with van der Waals surface area (Å²) in [5.41, 5.74) is 12.0. The van der Waals surface area contributed by atoms with Crippen molar-refractivity contribution in [3.63, 3.8) is 0 Å². The number of methoxy groups -OCH3 is 1. The third-order valence-corrected chi connectivity index (χ3v) is 7.01. The Morgan fingerprint density at radius 1 is 0.894 bits per heavy atom. The van der Waals surface area contributed by atoms with Gasteiger partial charge in [-0.15, -0.1) is 0 Å². The molecule has 1 amide bonds. The molecule has 5 N–H and O–H groups in total. The Balaban J connectivity index is 0.000000771. The molecular weight excluding hydrogens is 611 g/mol. The number of amidine groups is 1. The van der Waals surface area contributed by atoms with Crippen LogP contribution in [0.2, 0.25) is 0 Å². The molecule has 4 rings (SSSR count). The lowest BCUT2D eigenvalue weighted by Crippen LogP contribution is -2.46. The van der Waals surface area contributed by atoms with Crippen LogP contribution in [0.1, 0.15) is 32.6 Å². The van der Waals surface area contributed by atoms with Gasteiger partial charge in [0.2, 0.25) is 0 Å². The molecule has 2 atom stereocenters. The molecule has 0 aromatic heterocycles. The maximum atomic E-state index is 13.4. The third-order valence-electron chi connectivity index (χ3n) is 7.01. The predicted molar refractivity (Wildman–Crippen MR) is 170 cm³/mol. The van der Waals surface area contributed by atoms with Crippen LogP contribution in [0.25, 0.3) is 17.2 Å². The van der Waals surface area contributed by atoms with E-state index in [0.717, 1.165) is 22.3 Å². The molecule has 4 aromatic carbocycles. The van der Waals surface area contributed by atoms with E-state index in [4.69, 9.17) is 25.8 Å². The fourth-order valence-corrected chi connectivity index (χ4v) is 4.50. The van der Waals surface area contributed by atoms with Gasteiger partial charge in [0, 0.05) is 5.56 Å². The van der Waals surface area contributed by atoms with Crippen molar-refractivity contribution >= 4 is 29.8 Å². The molecule has 11 heteroatoms. The van der Waals surface area contributed by atoms with E-state index in [2.05, 4.69) is 29.6 Å². The third kappa shape index (κ3) is 11.0. The monoisotopic (exact) mass is 645 g/mol. The standard InChI is InChI=1S/C34H33N3O3.C2HF3O2/c1-23-11-14-26(15-12-23)27-16-18-28(19-17-27)33(38)37-31(20-13-24-7-4-3-5-8-24)30(34(39)40-2)22-25-9-6-10-29(21-25)32(35)36;3-2(4,5)1(6)7/h3-21,30-31H,22H2,1-2H3,(H3,35,36)(H,37,38);(H,6,7)/b20-13+;/t30-,31-;/m1./s1. The minimum absolute atomic E-state index is 0.194. The van der Waals surface area contributed by atoms with E-state index >= 15 is 0 Å². The molecule has 0 saturated heterocycles. The number of nitrogens with one attached hydrogen (secondary N) is 1. The van der Waals surface area contributed by atoms with E-state index in [1.807, 2.05) is 79.7 Å². The van der Waals surface area contributed by atoms with Gasteiger partial charge in [-0.05, 0) is 59.9 Å². The van der Waals surface area contributed by atoms with Gasteiger partial charge in [-0.25, -0.2) is 0 Å². The van der Waals surface area contributed by atoms with Crippen molar-refractivity contribution in [2.75, 3.05) is 7.11 Å². The zero-order chi connectivity index (χ0) is 34.6. The van der Waals surface area contributed by atoms with Crippen LogP contribution in [0.5, 0.6) is 0 Å². The van der Waals surface area contributed by atoms with Crippen LogP contribution >= 0.6 is 0 Å². The number of nitrogens with two attached hydrogens (primary N) is 2. The van der Waals surface area contributed by atoms with E-state index in [1.165, 1.54) is 12.7 Å². The molecule has 0 aliphatic carbocycles. The second-order valence-electron chi connectivity index (χ2n) is 10.5. The van der Waals surface area contributed by atoms with Crippen LogP contribution in [0.15, 0.2) is 109 Å². The first-order valence-corrected chi connectivity index (χ1v) is 14.3. The highest BCUT2D eigenvalue weighted by atomic mass is 19.4. The summed E-state index contributed by atoms with van der Waals surface area (Å²) >= 11 is 0. The van der Waals surface area contributed by atoms with Gasteiger partial charge < -0.3 is 20.0 Å². The number of rotatable bonds is 10. The van der Waals surface area contributed by atoms with Crippen molar-refractivity contribution in [2.45, 2.75) is 25.6 Å². The Morgan fingerprint density at radius 3 is 2.00 bits per heavy atom. The number of carboxylic acid groups (broad SMARTS) is 1. The number of aryl methyl sites for hydroxylation is 1. The second kappa shape index (κ2) is 16.6. The predicted octanol–water partition coefficient (Wildman–Crippen LogP) is 3.27. The van der Waals surface area contributed by atoms with Crippen molar-refractivity contribution in [2.24, 2.45) is 11.7 Å². The first-order valence-electron chi connectivity index (χ1n) is 14.3. The summed E-state index contributed by atoms with van der Waals surface area (Å²) in [6, 6.07) is 32.1. The van der Waals surface area contributed by atoms with Gasteiger partial charge in [0.15, 0.2) is 0 Å². The average Bonchev–Trinajstić information content (AvgIpc) is 3.06. The highest BCUT2D eigenvalue weighted by molar-refractivity contribution is 5.95. The lowest BCUT2D eigenvalue weighted by molar-refractivity contribution is -0.344. The minimum Gasteiger partial charge on any atom is -0.542 e. The number of amides is 1. The van der Waals surface area contributed by atoms with Gasteiger partial charge in [-0.3, -0.25) is 20.7 Å². The molecule has 4 aromatic rings. The number of ether oxygens (including phenoxy) is 1. The number of hydrogen-bond acceptors (Lipinski definition) is 5. The van der Waals surface area contributed by atoms with Gasteiger partial charge in [0.1, 0.15) is 5.97 Å². The molecule has 0 unspecified atom stereocenters. The van der Waals surface area contributed by atoms with Crippen molar-refractivity contribution in [3.8, 4) is 11.1 Å². The summed E-state index contributed by atoms with van der Waals surface area (Å²) in [4.78, 5) is 35.3. The van der Waals surface area contributed by atoms with E-state index in [9.17, 15) is 22.8 Å². The molecular formula is C36H34F3N3O5. The van der Waals surface area contributed by atoms with Crippen molar-refractivity contribution < 1.29 is 42.8 Å². The topological polar surface area (TPSA) is 147 Å². The van der Waals surface area contributed by atoms with Crippen molar-refractivity contribution in [3.05, 3.63) is 137 Å². The van der Waals surface area contributed by atoms with E-state index < -0.39 is 30.1 Å². The van der Waals surface area contributed by atoms with E-state index in [0.29, 0.717) is 17.5 Å². The van der Waals surface area contributed by atoms with E-state index in [1.54, 1.807) is 18.2 Å². The zero-order valence-corrected chi connectivity index (χ0v) is 25.7. The smallest absolute Gasteiger partial charge is 0.430 e. The normalized spacial score (nSPS) is 12.3. The van der Waals surface area contributed by atoms with Crippen molar-refractivity contribution in [1.82, 2.24) is 5.32 Å².